The first-order valence-electron chi connectivity index (χ1n) is 9.27. The monoisotopic (exact) mass is 383 g/mol. The van der Waals surface area contributed by atoms with Crippen LogP contribution in [-0.4, -0.2) is 52.4 Å². The molecule has 1 aromatic carbocycles. The zero-order valence-corrected chi connectivity index (χ0v) is 16.0. The second-order valence-electron chi connectivity index (χ2n) is 7.32. The smallest absolute Gasteiger partial charge is 0.273 e. The lowest BCUT2D eigenvalue weighted by molar-refractivity contribution is -0.134. The van der Waals surface area contributed by atoms with Crippen molar-refractivity contribution in [3.8, 4) is 5.69 Å². The van der Waals surface area contributed by atoms with Crippen molar-refractivity contribution >= 4 is 11.8 Å². The van der Waals surface area contributed by atoms with Gasteiger partial charge >= 0.3 is 0 Å². The number of aromatic nitrogens is 2. The van der Waals surface area contributed by atoms with E-state index in [1.54, 1.807) is 49.5 Å². The first kappa shape index (κ1) is 19.8. The number of benzene rings is 1. The first-order valence-corrected chi connectivity index (χ1v) is 9.27. The van der Waals surface area contributed by atoms with E-state index in [0.29, 0.717) is 24.1 Å². The lowest BCUT2D eigenvalue weighted by Gasteiger charge is -2.35. The summed E-state index contributed by atoms with van der Waals surface area (Å²) in [6.07, 6.45) is 6.29. The van der Waals surface area contributed by atoms with Crippen LogP contribution in [0.25, 0.3) is 5.69 Å². The molecule has 148 valence electrons. The molecule has 8 heteroatoms. The van der Waals surface area contributed by atoms with E-state index in [1.165, 1.54) is 17.0 Å². The maximum absolute atomic E-state index is 12.6. The molecule has 3 unspecified atom stereocenters. The van der Waals surface area contributed by atoms with Crippen molar-refractivity contribution in [2.24, 2.45) is 11.7 Å². The molecule has 0 radical (unpaired) electrons. The third-order valence-corrected chi connectivity index (χ3v) is 5.14. The third kappa shape index (κ3) is 4.28. The molecular weight excluding hydrogens is 358 g/mol. The molecule has 8 nitrogen and oxygen atoms in total. The largest absolute Gasteiger partial charge is 0.349 e. The number of nitrogens with two attached hydrogens (primary N) is 1. The highest BCUT2D eigenvalue weighted by Crippen LogP contribution is 2.25. The predicted molar refractivity (Wildman–Crippen MR) is 105 cm³/mol. The van der Waals surface area contributed by atoms with Crippen molar-refractivity contribution in [2.75, 3.05) is 14.1 Å². The Morgan fingerprint density at radius 1 is 1.21 bits per heavy atom. The van der Waals surface area contributed by atoms with Crippen LogP contribution in [0.3, 0.4) is 0 Å². The number of carbonyl (C=O) groups is 2. The average molecular weight is 383 g/mol. The van der Waals surface area contributed by atoms with E-state index in [2.05, 4.69) is 10.3 Å². The fraction of sp³-hybridized carbons (Fsp3) is 0.400. The second kappa shape index (κ2) is 8.35. The van der Waals surface area contributed by atoms with Gasteiger partial charge in [-0.15, -0.1) is 0 Å². The van der Waals surface area contributed by atoms with Crippen LogP contribution in [-0.2, 0) is 4.79 Å². The van der Waals surface area contributed by atoms with Crippen LogP contribution in [0.2, 0.25) is 0 Å². The van der Waals surface area contributed by atoms with Crippen LogP contribution in [0, 0.1) is 5.92 Å². The summed E-state index contributed by atoms with van der Waals surface area (Å²) in [5, 5.41) is 2.97. The molecule has 3 rings (SSSR count). The van der Waals surface area contributed by atoms with Gasteiger partial charge in [-0.1, -0.05) is 0 Å². The number of hydrogen-bond donors (Lipinski definition) is 2. The van der Waals surface area contributed by atoms with Crippen molar-refractivity contribution < 1.29 is 9.59 Å². The molecule has 1 saturated carbocycles. The molecule has 0 spiro atoms. The number of nitrogens with one attached hydrogen (secondary N) is 1. The Bertz CT molecular complexity index is 907. The zero-order valence-electron chi connectivity index (χ0n) is 16.0. The van der Waals surface area contributed by atoms with E-state index in [4.69, 9.17) is 5.73 Å². The summed E-state index contributed by atoms with van der Waals surface area (Å²) >= 11 is 0. The number of amides is 2. The lowest BCUT2D eigenvalue weighted by Crippen LogP contribution is -2.52. The van der Waals surface area contributed by atoms with Gasteiger partial charge in [-0.2, -0.15) is 0 Å². The molecule has 2 amide bonds. The Hall–Kier alpha value is -3.00. The van der Waals surface area contributed by atoms with E-state index >= 15 is 0 Å². The van der Waals surface area contributed by atoms with Gasteiger partial charge in [-0.05, 0) is 43.5 Å². The normalized spacial score (nSPS) is 21.8. The summed E-state index contributed by atoms with van der Waals surface area (Å²) < 4.78 is 1.45. The maximum Gasteiger partial charge on any atom is 0.273 e. The molecule has 1 aromatic heterocycles. The Balaban J connectivity index is 1.69. The molecular formula is C20H25N5O3. The quantitative estimate of drug-likeness (QED) is 0.801. The Labute approximate surface area is 163 Å². The summed E-state index contributed by atoms with van der Waals surface area (Å²) in [7, 11) is 3.47. The maximum atomic E-state index is 12.6. The van der Waals surface area contributed by atoms with Gasteiger partial charge < -0.3 is 16.0 Å². The van der Waals surface area contributed by atoms with E-state index in [0.717, 1.165) is 6.42 Å². The van der Waals surface area contributed by atoms with Gasteiger partial charge in [0.05, 0.1) is 6.20 Å². The number of rotatable bonds is 4. The second-order valence-corrected chi connectivity index (χ2v) is 7.32. The van der Waals surface area contributed by atoms with Gasteiger partial charge in [0.2, 0.25) is 5.91 Å². The molecule has 1 heterocycles. The van der Waals surface area contributed by atoms with Gasteiger partial charge in [0.15, 0.2) is 0 Å². The SMILES string of the molecule is CN(C)C(=O)C1CCC(N)C(NC(=O)c2ccc(-n3ccncc3=O)cc2)C1. The molecule has 2 aromatic rings. The summed E-state index contributed by atoms with van der Waals surface area (Å²) in [5.74, 6) is -0.300. The highest BCUT2D eigenvalue weighted by Gasteiger charge is 2.33. The summed E-state index contributed by atoms with van der Waals surface area (Å²) in [6, 6.07) is 6.30. The molecule has 28 heavy (non-hydrogen) atoms. The minimum atomic E-state index is -0.252. The number of carbonyl (C=O) groups excluding carboxylic acids is 2. The van der Waals surface area contributed by atoms with Crippen LogP contribution in [0.4, 0.5) is 0 Å². The van der Waals surface area contributed by atoms with Crippen molar-refractivity contribution in [1.82, 2.24) is 19.8 Å². The standard InChI is InChI=1S/C20H25N5O3/c1-24(2)20(28)14-5-8-16(21)17(11-14)23-19(27)13-3-6-15(7-4-13)25-10-9-22-12-18(25)26/h3-4,6-7,9-10,12,14,16-17H,5,8,11,21H2,1-2H3,(H,23,27). The Morgan fingerprint density at radius 2 is 1.93 bits per heavy atom. The molecule has 0 saturated heterocycles. The highest BCUT2D eigenvalue weighted by atomic mass is 16.2. The minimum Gasteiger partial charge on any atom is -0.349 e. The van der Waals surface area contributed by atoms with Crippen LogP contribution < -0.4 is 16.6 Å². The van der Waals surface area contributed by atoms with Crippen molar-refractivity contribution in [3.63, 3.8) is 0 Å². The van der Waals surface area contributed by atoms with Crippen LogP contribution in [0.5, 0.6) is 0 Å². The average Bonchev–Trinajstić information content (AvgIpc) is 2.69. The molecule has 0 aliphatic heterocycles. The number of nitrogens with zero attached hydrogens (tertiary/aromatic N) is 3. The van der Waals surface area contributed by atoms with Gasteiger partial charge in [-0.25, -0.2) is 0 Å². The zero-order chi connectivity index (χ0) is 20.3. The Kier molecular flexibility index (Phi) is 5.89. The fourth-order valence-corrected chi connectivity index (χ4v) is 3.54. The molecule has 1 fully saturated rings. The van der Waals surface area contributed by atoms with Crippen LogP contribution in [0.15, 0.2) is 47.7 Å². The van der Waals surface area contributed by atoms with Gasteiger partial charge in [0, 0.05) is 55.7 Å². The fourth-order valence-electron chi connectivity index (χ4n) is 3.54. The van der Waals surface area contributed by atoms with Gasteiger partial charge in [-0.3, -0.25) is 23.9 Å². The first-order chi connectivity index (χ1) is 13.4. The molecule has 0 bridgehead atoms. The lowest BCUT2D eigenvalue weighted by atomic mass is 9.82. The van der Waals surface area contributed by atoms with E-state index in [1.807, 2.05) is 0 Å². The summed E-state index contributed by atoms with van der Waals surface area (Å²) in [5.41, 5.74) is 7.05. The molecule has 3 atom stereocenters. The van der Waals surface area contributed by atoms with E-state index in [-0.39, 0.29) is 35.4 Å². The predicted octanol–water partition coefficient (Wildman–Crippen LogP) is 0.547. The van der Waals surface area contributed by atoms with Crippen LogP contribution in [0.1, 0.15) is 29.6 Å². The van der Waals surface area contributed by atoms with Gasteiger partial charge in [0.25, 0.3) is 11.5 Å². The molecule has 1 aliphatic carbocycles. The van der Waals surface area contributed by atoms with Crippen molar-refractivity contribution in [1.29, 1.82) is 0 Å². The van der Waals surface area contributed by atoms with Crippen molar-refractivity contribution in [3.05, 3.63) is 58.8 Å². The topological polar surface area (TPSA) is 110 Å². The summed E-state index contributed by atoms with van der Waals surface area (Å²) in [6.45, 7) is 0. The van der Waals surface area contributed by atoms with Gasteiger partial charge in [0.1, 0.15) is 0 Å². The van der Waals surface area contributed by atoms with Crippen molar-refractivity contribution in [2.45, 2.75) is 31.3 Å². The summed E-state index contributed by atoms with van der Waals surface area (Å²) in [4.78, 5) is 42.1. The minimum absolute atomic E-state index is 0.0679. The third-order valence-electron chi connectivity index (χ3n) is 5.14. The van der Waals surface area contributed by atoms with Crippen LogP contribution >= 0.6 is 0 Å². The van der Waals surface area contributed by atoms with E-state index < -0.39 is 0 Å². The highest BCUT2D eigenvalue weighted by molar-refractivity contribution is 5.94. The number of hydrogen-bond acceptors (Lipinski definition) is 5. The van der Waals surface area contributed by atoms with E-state index in [9.17, 15) is 14.4 Å². The molecule has 3 N–H and O–H groups in total. The Morgan fingerprint density at radius 3 is 2.57 bits per heavy atom. The molecule has 1 aliphatic rings.